The molecule has 0 aliphatic rings. The van der Waals surface area contributed by atoms with Gasteiger partial charge in [-0.1, -0.05) is 0 Å². The Labute approximate surface area is 109 Å². The topological polar surface area (TPSA) is 77.2 Å². The van der Waals surface area contributed by atoms with E-state index in [0.717, 1.165) is 5.01 Å². The summed E-state index contributed by atoms with van der Waals surface area (Å²) in [5, 5.41) is 5.49. The van der Waals surface area contributed by atoms with Crippen LogP contribution in [0, 0.1) is 0 Å². The Morgan fingerprint density at radius 2 is 2.39 bits per heavy atom. The van der Waals surface area contributed by atoms with Crippen LogP contribution < -0.4 is 15.8 Å². The molecular formula is C12H13N3O2S. The Hall–Kier alpha value is -2.08. The van der Waals surface area contributed by atoms with Gasteiger partial charge in [-0.2, -0.15) is 0 Å². The highest BCUT2D eigenvalue weighted by Gasteiger charge is 2.12. The average Bonchev–Trinajstić information content (AvgIpc) is 2.89. The number of rotatable bonds is 4. The van der Waals surface area contributed by atoms with Crippen molar-refractivity contribution in [1.82, 2.24) is 10.3 Å². The summed E-state index contributed by atoms with van der Waals surface area (Å²) >= 11 is 1.49. The Morgan fingerprint density at radius 1 is 1.56 bits per heavy atom. The normalized spacial score (nSPS) is 10.1. The van der Waals surface area contributed by atoms with E-state index in [0.29, 0.717) is 23.5 Å². The molecule has 0 radical (unpaired) electrons. The zero-order valence-corrected chi connectivity index (χ0v) is 10.7. The second-order valence-corrected chi connectivity index (χ2v) is 4.55. The van der Waals surface area contributed by atoms with Gasteiger partial charge in [0.2, 0.25) is 0 Å². The first-order valence-electron chi connectivity index (χ1n) is 5.31. The van der Waals surface area contributed by atoms with Crippen molar-refractivity contribution in [1.29, 1.82) is 0 Å². The number of aromatic nitrogens is 1. The summed E-state index contributed by atoms with van der Waals surface area (Å²) in [6.07, 6.45) is 1.70. The van der Waals surface area contributed by atoms with E-state index in [1.54, 1.807) is 24.4 Å². The van der Waals surface area contributed by atoms with Gasteiger partial charge in [0.05, 0.1) is 19.2 Å². The van der Waals surface area contributed by atoms with Crippen LogP contribution in [0.1, 0.15) is 15.4 Å². The molecule has 0 saturated heterocycles. The van der Waals surface area contributed by atoms with Crippen LogP contribution in [0.25, 0.3) is 0 Å². The number of carbonyl (C=O) groups is 1. The number of carbonyl (C=O) groups excluding carboxylic acids is 1. The zero-order chi connectivity index (χ0) is 13.0. The van der Waals surface area contributed by atoms with Gasteiger partial charge in [-0.3, -0.25) is 4.79 Å². The highest BCUT2D eigenvalue weighted by molar-refractivity contribution is 7.09. The number of anilines is 1. The number of ether oxygens (including phenoxy) is 1. The molecule has 2 aromatic rings. The van der Waals surface area contributed by atoms with Gasteiger partial charge in [-0.25, -0.2) is 4.98 Å². The van der Waals surface area contributed by atoms with Crippen LogP contribution in [0.2, 0.25) is 0 Å². The first-order valence-corrected chi connectivity index (χ1v) is 6.18. The number of amides is 1. The van der Waals surface area contributed by atoms with Gasteiger partial charge < -0.3 is 15.8 Å². The lowest BCUT2D eigenvalue weighted by atomic mass is 10.1. The van der Waals surface area contributed by atoms with Crippen LogP contribution in [-0.2, 0) is 6.54 Å². The van der Waals surface area contributed by atoms with Gasteiger partial charge in [0.15, 0.2) is 0 Å². The standard InChI is InChI=1S/C12H13N3O2S/c1-17-10-3-2-8(13)6-9(10)12(16)15-7-11-14-4-5-18-11/h2-6H,7,13H2,1H3,(H,15,16). The number of nitrogen functional groups attached to an aromatic ring is 1. The third kappa shape index (κ3) is 2.78. The summed E-state index contributed by atoms with van der Waals surface area (Å²) in [4.78, 5) is 16.1. The third-order valence-corrected chi connectivity index (χ3v) is 3.13. The summed E-state index contributed by atoms with van der Waals surface area (Å²) < 4.78 is 5.13. The number of methoxy groups -OCH3 is 1. The number of thiazole rings is 1. The molecular weight excluding hydrogens is 250 g/mol. The largest absolute Gasteiger partial charge is 0.496 e. The molecule has 6 heteroatoms. The zero-order valence-electron chi connectivity index (χ0n) is 9.84. The summed E-state index contributed by atoms with van der Waals surface area (Å²) in [5.74, 6) is 0.273. The SMILES string of the molecule is COc1ccc(N)cc1C(=O)NCc1nccs1. The van der Waals surface area contributed by atoms with Crippen molar-refractivity contribution in [2.75, 3.05) is 12.8 Å². The van der Waals surface area contributed by atoms with Crippen molar-refractivity contribution in [3.63, 3.8) is 0 Å². The lowest BCUT2D eigenvalue weighted by Gasteiger charge is -2.09. The van der Waals surface area contributed by atoms with Crippen LogP contribution in [0.4, 0.5) is 5.69 Å². The van der Waals surface area contributed by atoms with Gasteiger partial charge >= 0.3 is 0 Å². The fraction of sp³-hybridized carbons (Fsp3) is 0.167. The minimum absolute atomic E-state index is 0.227. The van der Waals surface area contributed by atoms with E-state index in [1.807, 2.05) is 5.38 Å². The highest BCUT2D eigenvalue weighted by Crippen LogP contribution is 2.21. The Bertz CT molecular complexity index is 540. The van der Waals surface area contributed by atoms with Crippen molar-refractivity contribution in [2.45, 2.75) is 6.54 Å². The Kier molecular flexibility index (Phi) is 3.78. The monoisotopic (exact) mass is 263 g/mol. The summed E-state index contributed by atoms with van der Waals surface area (Å²) in [7, 11) is 1.52. The molecule has 1 aromatic heterocycles. The molecule has 0 bridgehead atoms. The average molecular weight is 263 g/mol. The van der Waals surface area contributed by atoms with Gasteiger partial charge in [0.1, 0.15) is 10.8 Å². The molecule has 5 nitrogen and oxygen atoms in total. The maximum absolute atomic E-state index is 12.0. The van der Waals surface area contributed by atoms with Crippen LogP contribution in [0.5, 0.6) is 5.75 Å². The Morgan fingerprint density at radius 3 is 3.06 bits per heavy atom. The molecule has 0 atom stereocenters. The second kappa shape index (κ2) is 5.50. The van der Waals surface area contributed by atoms with Gasteiger partial charge in [-0.15, -0.1) is 11.3 Å². The molecule has 3 N–H and O–H groups in total. The van der Waals surface area contributed by atoms with Crippen molar-refractivity contribution >= 4 is 22.9 Å². The third-order valence-electron chi connectivity index (χ3n) is 2.35. The lowest BCUT2D eigenvalue weighted by molar-refractivity contribution is 0.0948. The Balaban J connectivity index is 2.10. The molecule has 1 amide bonds. The lowest BCUT2D eigenvalue weighted by Crippen LogP contribution is -2.23. The predicted molar refractivity (Wildman–Crippen MR) is 70.7 cm³/mol. The number of nitrogens with two attached hydrogens (primary N) is 1. The molecule has 0 saturated carbocycles. The van der Waals surface area contributed by atoms with E-state index in [4.69, 9.17) is 10.5 Å². The first kappa shape index (κ1) is 12.4. The van der Waals surface area contributed by atoms with Crippen molar-refractivity contribution < 1.29 is 9.53 Å². The minimum Gasteiger partial charge on any atom is -0.496 e. The van der Waals surface area contributed by atoms with Crippen molar-refractivity contribution in [3.05, 3.63) is 40.3 Å². The summed E-state index contributed by atoms with van der Waals surface area (Å²) in [6, 6.07) is 4.96. The van der Waals surface area contributed by atoms with Crippen LogP contribution in [0.3, 0.4) is 0 Å². The van der Waals surface area contributed by atoms with Crippen molar-refractivity contribution in [2.24, 2.45) is 0 Å². The highest BCUT2D eigenvalue weighted by atomic mass is 32.1. The van der Waals surface area contributed by atoms with Gasteiger partial charge in [0, 0.05) is 17.3 Å². The smallest absolute Gasteiger partial charge is 0.255 e. The van der Waals surface area contributed by atoms with Crippen LogP contribution >= 0.6 is 11.3 Å². The first-order chi connectivity index (χ1) is 8.70. The van der Waals surface area contributed by atoms with E-state index in [9.17, 15) is 4.79 Å². The molecule has 2 rings (SSSR count). The number of benzene rings is 1. The maximum atomic E-state index is 12.0. The summed E-state index contributed by atoms with van der Waals surface area (Å²) in [5.41, 5.74) is 6.61. The van der Waals surface area contributed by atoms with E-state index in [1.165, 1.54) is 18.4 Å². The molecule has 0 fully saturated rings. The number of nitrogens with zero attached hydrogens (tertiary/aromatic N) is 1. The minimum atomic E-state index is -0.227. The molecule has 94 valence electrons. The van der Waals surface area contributed by atoms with Crippen LogP contribution in [0.15, 0.2) is 29.8 Å². The molecule has 1 aromatic carbocycles. The molecule has 1 heterocycles. The molecule has 0 spiro atoms. The van der Waals surface area contributed by atoms with Crippen molar-refractivity contribution in [3.8, 4) is 5.75 Å². The maximum Gasteiger partial charge on any atom is 0.255 e. The number of hydrogen-bond donors (Lipinski definition) is 2. The van der Waals surface area contributed by atoms with Gasteiger partial charge in [0.25, 0.3) is 5.91 Å². The second-order valence-electron chi connectivity index (χ2n) is 3.57. The fourth-order valence-electron chi connectivity index (χ4n) is 1.49. The number of nitrogens with one attached hydrogen (secondary N) is 1. The van der Waals surface area contributed by atoms with Crippen LogP contribution in [-0.4, -0.2) is 18.0 Å². The number of hydrogen-bond acceptors (Lipinski definition) is 5. The molecule has 0 unspecified atom stereocenters. The van der Waals surface area contributed by atoms with E-state index < -0.39 is 0 Å². The molecule has 0 aliphatic carbocycles. The van der Waals surface area contributed by atoms with E-state index in [2.05, 4.69) is 10.3 Å². The fourth-order valence-corrected chi connectivity index (χ4v) is 2.05. The van der Waals surface area contributed by atoms with E-state index in [-0.39, 0.29) is 5.91 Å². The molecule has 0 aliphatic heterocycles. The quantitative estimate of drug-likeness (QED) is 0.822. The predicted octanol–water partition coefficient (Wildman–Crippen LogP) is 1.66. The summed E-state index contributed by atoms with van der Waals surface area (Å²) in [6.45, 7) is 0.397. The molecule has 18 heavy (non-hydrogen) atoms. The van der Waals surface area contributed by atoms with E-state index >= 15 is 0 Å². The van der Waals surface area contributed by atoms with Gasteiger partial charge in [-0.05, 0) is 18.2 Å².